The molecule has 0 saturated carbocycles. The van der Waals surface area contributed by atoms with Crippen LogP contribution in [0.15, 0.2) is 49.6 Å². The van der Waals surface area contributed by atoms with Crippen LogP contribution in [0, 0.1) is 0 Å². The first-order valence-corrected chi connectivity index (χ1v) is 5.93. The molecule has 0 aliphatic heterocycles. The SMILES string of the molecule is C=CCc1c(N)c(O)c2ccccc2c1CC=C. The first-order chi connectivity index (χ1) is 8.70. The third-order valence-electron chi connectivity index (χ3n) is 3.15. The number of phenolic OH excluding ortho intramolecular Hbond substituents is 1. The van der Waals surface area contributed by atoms with Crippen molar-refractivity contribution in [3.8, 4) is 5.75 Å². The Labute approximate surface area is 107 Å². The second-order valence-corrected chi connectivity index (χ2v) is 4.25. The quantitative estimate of drug-likeness (QED) is 0.486. The first-order valence-electron chi connectivity index (χ1n) is 5.93. The lowest BCUT2D eigenvalue weighted by Gasteiger charge is -2.15. The topological polar surface area (TPSA) is 46.2 Å². The summed E-state index contributed by atoms with van der Waals surface area (Å²) in [6.07, 6.45) is 5.03. The third kappa shape index (κ3) is 1.86. The van der Waals surface area contributed by atoms with Gasteiger partial charge in [0.2, 0.25) is 0 Å². The number of hydrogen-bond acceptors (Lipinski definition) is 2. The van der Waals surface area contributed by atoms with Crippen LogP contribution in [0.5, 0.6) is 5.75 Å². The molecule has 0 spiro atoms. The smallest absolute Gasteiger partial charge is 0.146 e. The number of aromatic hydroxyl groups is 1. The standard InChI is InChI=1S/C16H17NO/c1-3-7-11-12-9-5-6-10-14(12)16(18)15(17)13(11)8-4-2/h3-6,9-10,18H,1-2,7-8,17H2. The van der Waals surface area contributed by atoms with E-state index < -0.39 is 0 Å². The molecule has 0 bridgehead atoms. The molecule has 2 heteroatoms. The number of rotatable bonds is 4. The van der Waals surface area contributed by atoms with E-state index >= 15 is 0 Å². The molecule has 0 amide bonds. The van der Waals surface area contributed by atoms with Crippen LogP contribution in [0.4, 0.5) is 5.69 Å². The van der Waals surface area contributed by atoms with Crippen molar-refractivity contribution >= 4 is 16.5 Å². The molecule has 0 fully saturated rings. The van der Waals surface area contributed by atoms with E-state index in [0.717, 1.165) is 28.3 Å². The van der Waals surface area contributed by atoms with Crippen LogP contribution >= 0.6 is 0 Å². The summed E-state index contributed by atoms with van der Waals surface area (Å²) in [5.41, 5.74) is 8.55. The molecule has 0 atom stereocenters. The highest BCUT2D eigenvalue weighted by Gasteiger charge is 2.14. The van der Waals surface area contributed by atoms with Gasteiger partial charge in [-0.3, -0.25) is 0 Å². The van der Waals surface area contributed by atoms with Crippen molar-refractivity contribution < 1.29 is 5.11 Å². The van der Waals surface area contributed by atoms with E-state index in [4.69, 9.17) is 5.73 Å². The predicted molar refractivity (Wildman–Crippen MR) is 77.8 cm³/mol. The monoisotopic (exact) mass is 239 g/mol. The van der Waals surface area contributed by atoms with Crippen LogP contribution in [-0.4, -0.2) is 5.11 Å². The van der Waals surface area contributed by atoms with Gasteiger partial charge in [-0.05, 0) is 29.4 Å². The van der Waals surface area contributed by atoms with Gasteiger partial charge in [0.15, 0.2) is 0 Å². The molecule has 2 aromatic rings. The van der Waals surface area contributed by atoms with E-state index in [1.807, 2.05) is 30.3 Å². The van der Waals surface area contributed by atoms with Gasteiger partial charge in [0.25, 0.3) is 0 Å². The Morgan fingerprint density at radius 1 is 1.00 bits per heavy atom. The average Bonchev–Trinajstić information content (AvgIpc) is 2.40. The van der Waals surface area contributed by atoms with Crippen LogP contribution in [0.25, 0.3) is 10.8 Å². The summed E-state index contributed by atoms with van der Waals surface area (Å²) in [4.78, 5) is 0. The largest absolute Gasteiger partial charge is 0.505 e. The van der Waals surface area contributed by atoms with Crippen LogP contribution in [0.2, 0.25) is 0 Å². The molecule has 0 saturated heterocycles. The number of benzene rings is 2. The number of hydrogen-bond donors (Lipinski definition) is 2. The minimum absolute atomic E-state index is 0.162. The van der Waals surface area contributed by atoms with E-state index in [0.29, 0.717) is 12.1 Å². The lowest BCUT2D eigenvalue weighted by Crippen LogP contribution is -2.01. The number of nitrogens with two attached hydrogens (primary N) is 1. The minimum atomic E-state index is 0.162. The van der Waals surface area contributed by atoms with Crippen molar-refractivity contribution in [1.82, 2.24) is 0 Å². The number of nitrogen functional groups attached to an aromatic ring is 1. The Bertz CT molecular complexity index is 614. The summed E-state index contributed by atoms with van der Waals surface area (Å²) in [6, 6.07) is 7.74. The lowest BCUT2D eigenvalue weighted by molar-refractivity contribution is 0.483. The van der Waals surface area contributed by atoms with E-state index in [9.17, 15) is 5.11 Å². The van der Waals surface area contributed by atoms with Crippen LogP contribution in [-0.2, 0) is 12.8 Å². The van der Waals surface area contributed by atoms with Crippen molar-refractivity contribution in [3.05, 3.63) is 60.7 Å². The molecular weight excluding hydrogens is 222 g/mol. The molecule has 0 unspecified atom stereocenters. The molecule has 2 aromatic carbocycles. The maximum atomic E-state index is 10.2. The summed E-state index contributed by atoms with van der Waals surface area (Å²) in [7, 11) is 0. The normalized spacial score (nSPS) is 10.4. The fourth-order valence-corrected chi connectivity index (χ4v) is 2.32. The third-order valence-corrected chi connectivity index (χ3v) is 3.15. The molecule has 0 aliphatic carbocycles. The Hall–Kier alpha value is -2.22. The first kappa shape index (κ1) is 12.2. The Kier molecular flexibility index (Phi) is 3.38. The molecule has 0 radical (unpaired) electrons. The molecule has 3 N–H and O–H groups in total. The van der Waals surface area contributed by atoms with Gasteiger partial charge in [0.1, 0.15) is 5.75 Å². The van der Waals surface area contributed by atoms with Crippen LogP contribution in [0.3, 0.4) is 0 Å². The van der Waals surface area contributed by atoms with E-state index in [1.54, 1.807) is 6.08 Å². The molecule has 0 aromatic heterocycles. The van der Waals surface area contributed by atoms with Crippen molar-refractivity contribution in [2.24, 2.45) is 0 Å². The Morgan fingerprint density at radius 2 is 1.56 bits per heavy atom. The van der Waals surface area contributed by atoms with Gasteiger partial charge in [-0.15, -0.1) is 13.2 Å². The van der Waals surface area contributed by atoms with Crippen molar-refractivity contribution in [2.45, 2.75) is 12.8 Å². The highest BCUT2D eigenvalue weighted by Crippen LogP contribution is 2.38. The summed E-state index contributed by atoms with van der Waals surface area (Å²) in [5, 5.41) is 12.0. The highest BCUT2D eigenvalue weighted by atomic mass is 16.3. The van der Waals surface area contributed by atoms with E-state index in [-0.39, 0.29) is 5.75 Å². The maximum Gasteiger partial charge on any atom is 0.146 e. The van der Waals surface area contributed by atoms with Crippen LogP contribution in [0.1, 0.15) is 11.1 Å². The Balaban J connectivity index is 2.87. The summed E-state index contributed by atoms with van der Waals surface area (Å²) >= 11 is 0. The maximum absolute atomic E-state index is 10.2. The van der Waals surface area contributed by atoms with Gasteiger partial charge in [-0.1, -0.05) is 36.4 Å². The number of fused-ring (bicyclic) bond motifs is 1. The molecule has 18 heavy (non-hydrogen) atoms. The predicted octanol–water partition coefficient (Wildman–Crippen LogP) is 3.58. The van der Waals surface area contributed by atoms with Crippen LogP contribution < -0.4 is 5.73 Å². The zero-order chi connectivity index (χ0) is 13.1. The van der Waals surface area contributed by atoms with E-state index in [2.05, 4.69) is 13.2 Å². The van der Waals surface area contributed by atoms with Gasteiger partial charge in [0.05, 0.1) is 5.69 Å². The summed E-state index contributed by atoms with van der Waals surface area (Å²) in [6.45, 7) is 7.53. The summed E-state index contributed by atoms with van der Waals surface area (Å²) < 4.78 is 0. The van der Waals surface area contributed by atoms with Crippen molar-refractivity contribution in [3.63, 3.8) is 0 Å². The number of anilines is 1. The van der Waals surface area contributed by atoms with Gasteiger partial charge in [-0.2, -0.15) is 0 Å². The van der Waals surface area contributed by atoms with Gasteiger partial charge in [-0.25, -0.2) is 0 Å². The van der Waals surface area contributed by atoms with Gasteiger partial charge < -0.3 is 10.8 Å². The van der Waals surface area contributed by atoms with E-state index in [1.165, 1.54) is 0 Å². The molecular formula is C16H17NO. The molecule has 0 heterocycles. The minimum Gasteiger partial charge on any atom is -0.505 e. The molecule has 2 rings (SSSR count). The lowest BCUT2D eigenvalue weighted by atomic mass is 9.92. The fourth-order valence-electron chi connectivity index (χ4n) is 2.32. The molecule has 0 aliphatic rings. The second kappa shape index (κ2) is 4.96. The second-order valence-electron chi connectivity index (χ2n) is 4.25. The number of allylic oxidation sites excluding steroid dienone is 2. The fraction of sp³-hybridized carbons (Fsp3) is 0.125. The summed E-state index contributed by atoms with van der Waals surface area (Å²) in [5.74, 6) is 0.162. The number of phenols is 1. The molecule has 92 valence electrons. The zero-order valence-electron chi connectivity index (χ0n) is 10.3. The molecule has 2 nitrogen and oxygen atoms in total. The zero-order valence-corrected chi connectivity index (χ0v) is 10.3. The van der Waals surface area contributed by atoms with Gasteiger partial charge >= 0.3 is 0 Å². The van der Waals surface area contributed by atoms with Crippen molar-refractivity contribution in [2.75, 3.05) is 5.73 Å². The highest BCUT2D eigenvalue weighted by molar-refractivity contribution is 5.97. The average molecular weight is 239 g/mol. The van der Waals surface area contributed by atoms with Crippen molar-refractivity contribution in [1.29, 1.82) is 0 Å². The van der Waals surface area contributed by atoms with Gasteiger partial charge in [0, 0.05) is 5.39 Å². The Morgan fingerprint density at radius 3 is 2.17 bits per heavy atom.